The van der Waals surface area contributed by atoms with E-state index in [9.17, 15) is 55.5 Å². The van der Waals surface area contributed by atoms with Crippen molar-refractivity contribution in [2.75, 3.05) is 26.4 Å². The number of nitrogens with one attached hydrogen (secondary N) is 2. The lowest BCUT2D eigenvalue weighted by atomic mass is 9.30. The van der Waals surface area contributed by atoms with E-state index in [1.54, 1.807) is 12.5 Å². The standard InChI is InChI=1S/C53H86N4O13/c1-7-8-9-10-28-20-53(47(67)68)18-17-48(2,25-59)21-34(53)32-12-13-38-50(4,52(28,32)6)16-15-37-49(3,26-60)44(70-46-43(65)42(64)36(61)24-69-46)41(63)33(51(37,38)5)19-30-31(23-58)45(66)57-40(30)29(11-14-39(54)62)35-22-55-27-56-35/h12,22,27-31,33-34,36-44,46,58-65H,7-11,13-21,23-26,54H2,1-6H3,(H,55,56)(H,57,66)(H,67,68)/t28-,29+,30+,31-,33-,34-,36+,37+,38-,39-,40+,41+,42-,43+,44+,46-,48-,49-,50+,51-,52+,53-/m0/s1. The predicted molar refractivity (Wildman–Crippen MR) is 257 cm³/mol. The van der Waals surface area contributed by atoms with Crippen molar-refractivity contribution in [2.24, 2.45) is 79.6 Å². The molecule has 22 atom stereocenters. The van der Waals surface area contributed by atoms with Gasteiger partial charge in [-0.05, 0) is 128 Å². The van der Waals surface area contributed by atoms with Gasteiger partial charge in [-0.3, -0.25) is 9.59 Å². The maximum absolute atomic E-state index is 14.1. The van der Waals surface area contributed by atoms with Gasteiger partial charge in [0.25, 0.3) is 0 Å². The number of rotatable bonds is 17. The van der Waals surface area contributed by atoms with E-state index in [0.29, 0.717) is 57.1 Å². The van der Waals surface area contributed by atoms with E-state index in [-0.39, 0.29) is 55.6 Å². The van der Waals surface area contributed by atoms with Gasteiger partial charge in [-0.25, -0.2) is 4.98 Å². The number of aliphatic hydroxyl groups is 8. The highest BCUT2D eigenvalue weighted by molar-refractivity contribution is 5.82. The van der Waals surface area contributed by atoms with Crippen LogP contribution in [0.25, 0.3) is 0 Å². The van der Waals surface area contributed by atoms with Gasteiger partial charge in [0.05, 0.1) is 49.7 Å². The molecule has 0 bridgehead atoms. The van der Waals surface area contributed by atoms with Crippen LogP contribution in [0.1, 0.15) is 143 Å². The Morgan fingerprint density at radius 1 is 0.971 bits per heavy atom. The third-order valence-electron chi connectivity index (χ3n) is 21.4. The van der Waals surface area contributed by atoms with E-state index in [0.717, 1.165) is 25.7 Å². The fourth-order valence-electron chi connectivity index (χ4n) is 17.3. The van der Waals surface area contributed by atoms with Crippen LogP contribution in [-0.4, -0.2) is 143 Å². The molecule has 2 aliphatic heterocycles. The molecule has 0 aromatic carbocycles. The van der Waals surface area contributed by atoms with E-state index in [4.69, 9.17) is 15.2 Å². The van der Waals surface area contributed by atoms with Gasteiger partial charge in [0.1, 0.15) is 24.5 Å². The number of allylic oxidation sites excluding steroid dienone is 2. The van der Waals surface area contributed by atoms with Crippen molar-refractivity contribution in [2.45, 2.75) is 186 Å². The molecule has 396 valence electrons. The molecule has 0 spiro atoms. The molecule has 7 aliphatic rings. The number of aromatic nitrogens is 2. The zero-order valence-electron chi connectivity index (χ0n) is 42.4. The Morgan fingerprint density at radius 2 is 1.71 bits per heavy atom. The Bertz CT molecular complexity index is 2040. The molecule has 2 saturated heterocycles. The van der Waals surface area contributed by atoms with E-state index >= 15 is 0 Å². The highest BCUT2D eigenvalue weighted by Gasteiger charge is 2.75. The van der Waals surface area contributed by atoms with E-state index in [2.05, 4.69) is 56.0 Å². The minimum absolute atomic E-state index is 0.0101. The average Bonchev–Trinajstić information content (AvgIpc) is 3.97. The second-order valence-corrected chi connectivity index (χ2v) is 24.7. The fourth-order valence-corrected chi connectivity index (χ4v) is 17.3. The number of imidazole rings is 1. The topological polar surface area (TPSA) is 301 Å². The summed E-state index contributed by atoms with van der Waals surface area (Å²) in [5, 5.41) is 105. The normalized spacial score (nSPS) is 47.8. The minimum Gasteiger partial charge on any atom is -0.481 e. The SMILES string of the molecule is CCCCC[C@H]1C[C@@]2(C(=O)O)CC[C@](C)(CO)C[C@H]2C2=CC[C@@H]3[C@]4(C)[C@H](CC[C@@]3(C)[C@@]21C)[C@](C)(CO)[C@H](O[C@@H]1OC[C@@H](O)[C@H](O)[C@H]1O)[C@H](O)[C@@H]4C[C@H]1[C@@H]([C@H](CC[C@@H](N)O)c2cnc[nH]2)NC(=O)[C@H]1CO. The second kappa shape index (κ2) is 19.9. The molecular formula is C53H86N4O13. The van der Waals surface area contributed by atoms with Crippen molar-refractivity contribution >= 4 is 11.9 Å². The lowest BCUT2D eigenvalue weighted by Crippen LogP contribution is -2.73. The molecule has 17 heteroatoms. The number of aliphatic hydroxyl groups excluding tert-OH is 8. The van der Waals surface area contributed by atoms with Crippen LogP contribution in [0, 0.1) is 73.9 Å². The third kappa shape index (κ3) is 8.35. The number of nitrogens with zero attached hydrogens (tertiary/aromatic N) is 1. The molecule has 3 heterocycles. The Labute approximate surface area is 413 Å². The van der Waals surface area contributed by atoms with Gasteiger partial charge in [-0.2, -0.15) is 0 Å². The number of ether oxygens (including phenoxy) is 2. The molecular weight excluding hydrogens is 901 g/mol. The summed E-state index contributed by atoms with van der Waals surface area (Å²) in [4.78, 5) is 35.5. The molecule has 6 fully saturated rings. The predicted octanol–water partition coefficient (Wildman–Crippen LogP) is 3.32. The molecule has 8 rings (SSSR count). The smallest absolute Gasteiger partial charge is 0.310 e. The van der Waals surface area contributed by atoms with E-state index in [1.807, 2.05) is 6.92 Å². The number of unbranched alkanes of at least 4 members (excludes halogenated alkanes) is 2. The van der Waals surface area contributed by atoms with Gasteiger partial charge in [0.15, 0.2) is 6.29 Å². The van der Waals surface area contributed by atoms with Crippen LogP contribution < -0.4 is 11.1 Å². The van der Waals surface area contributed by atoms with Crippen LogP contribution in [0.4, 0.5) is 0 Å². The molecule has 17 nitrogen and oxygen atoms in total. The molecule has 1 aromatic heterocycles. The van der Waals surface area contributed by atoms with Crippen molar-refractivity contribution in [3.8, 4) is 0 Å². The summed E-state index contributed by atoms with van der Waals surface area (Å²) in [7, 11) is 0. The van der Waals surface area contributed by atoms with Gasteiger partial charge in [-0.15, -0.1) is 0 Å². The van der Waals surface area contributed by atoms with Gasteiger partial charge in [-0.1, -0.05) is 72.5 Å². The summed E-state index contributed by atoms with van der Waals surface area (Å²) in [6.45, 7) is 11.9. The number of carbonyl (C=O) groups is 2. The first-order valence-corrected chi connectivity index (χ1v) is 26.5. The van der Waals surface area contributed by atoms with Gasteiger partial charge in [0, 0.05) is 35.9 Å². The molecule has 5 aliphatic carbocycles. The Morgan fingerprint density at radius 3 is 2.34 bits per heavy atom. The molecule has 1 aromatic rings. The monoisotopic (exact) mass is 987 g/mol. The summed E-state index contributed by atoms with van der Waals surface area (Å²) < 4.78 is 12.5. The maximum Gasteiger partial charge on any atom is 0.310 e. The van der Waals surface area contributed by atoms with Gasteiger partial charge >= 0.3 is 5.97 Å². The number of hydrogen-bond acceptors (Lipinski definition) is 14. The summed E-state index contributed by atoms with van der Waals surface area (Å²) >= 11 is 0. The van der Waals surface area contributed by atoms with Crippen LogP contribution in [0.2, 0.25) is 0 Å². The largest absolute Gasteiger partial charge is 0.481 e. The lowest BCUT2D eigenvalue weighted by Gasteiger charge is -2.74. The number of aromatic amines is 1. The number of hydrogen-bond donors (Lipinski definition) is 12. The zero-order valence-corrected chi connectivity index (χ0v) is 42.4. The molecule has 4 saturated carbocycles. The minimum atomic E-state index is -1.67. The Kier molecular flexibility index (Phi) is 15.3. The molecule has 0 radical (unpaired) electrons. The van der Waals surface area contributed by atoms with Crippen LogP contribution in [0.5, 0.6) is 0 Å². The first-order chi connectivity index (χ1) is 33.1. The van der Waals surface area contributed by atoms with Crippen LogP contribution in [0.3, 0.4) is 0 Å². The van der Waals surface area contributed by atoms with Crippen LogP contribution in [-0.2, 0) is 19.1 Å². The summed E-state index contributed by atoms with van der Waals surface area (Å²) in [6, 6.07) is -0.591. The van der Waals surface area contributed by atoms with Crippen molar-refractivity contribution in [1.82, 2.24) is 15.3 Å². The Hall–Kier alpha value is -2.55. The number of H-pyrrole nitrogens is 1. The molecule has 70 heavy (non-hydrogen) atoms. The quantitative estimate of drug-likeness (QED) is 0.0461. The van der Waals surface area contributed by atoms with Crippen LogP contribution in [0.15, 0.2) is 24.2 Å². The van der Waals surface area contributed by atoms with Crippen molar-refractivity contribution in [3.63, 3.8) is 0 Å². The highest BCUT2D eigenvalue weighted by atomic mass is 16.7. The summed E-state index contributed by atoms with van der Waals surface area (Å²) in [6.07, 6.45) is 4.54. The van der Waals surface area contributed by atoms with Crippen molar-refractivity contribution in [3.05, 3.63) is 29.9 Å². The first kappa shape index (κ1) is 53.7. The molecule has 13 N–H and O–H groups in total. The number of carboxylic acid groups (broad SMARTS) is 1. The molecule has 1 amide bonds. The van der Waals surface area contributed by atoms with Crippen molar-refractivity contribution in [1.29, 1.82) is 0 Å². The van der Waals surface area contributed by atoms with Gasteiger partial charge in [0.2, 0.25) is 5.91 Å². The Balaban J connectivity index is 1.30. The number of carboxylic acids is 1. The van der Waals surface area contributed by atoms with E-state index < -0.39 is 124 Å². The highest BCUT2D eigenvalue weighted by Crippen LogP contribution is 2.78. The van der Waals surface area contributed by atoms with E-state index in [1.165, 1.54) is 5.57 Å². The summed E-state index contributed by atoms with van der Waals surface area (Å²) in [5.41, 5.74) is 3.45. The zero-order chi connectivity index (χ0) is 50.9. The van der Waals surface area contributed by atoms with Crippen molar-refractivity contribution < 1.29 is 65.0 Å². The van der Waals surface area contributed by atoms with Gasteiger partial charge < -0.3 is 71.5 Å². The summed E-state index contributed by atoms with van der Waals surface area (Å²) in [5.74, 6) is -4.41. The lowest BCUT2D eigenvalue weighted by molar-refractivity contribution is -0.341. The fraction of sp³-hybridized carbons (Fsp3) is 0.868. The maximum atomic E-state index is 14.1. The first-order valence-electron chi connectivity index (χ1n) is 26.5. The number of carbonyl (C=O) groups excluding carboxylic acids is 1. The number of fused-ring (bicyclic) bond motifs is 7. The number of aliphatic carboxylic acids is 1. The number of nitrogens with two attached hydrogens (primary N) is 1. The van der Waals surface area contributed by atoms with Crippen LogP contribution >= 0.6 is 0 Å². The second-order valence-electron chi connectivity index (χ2n) is 24.7. The third-order valence-corrected chi connectivity index (χ3v) is 21.4. The number of amides is 1. The molecule has 0 unspecified atom stereocenters. The average molecular weight is 987 g/mol.